The minimum absolute atomic E-state index is 0.128. The maximum atomic E-state index is 12.2. The number of rotatable bonds is 4. The normalized spacial score (nSPS) is 12.8. The Bertz CT molecular complexity index is 930. The van der Waals surface area contributed by atoms with Crippen LogP contribution in [-0.2, 0) is 17.3 Å². The molecule has 1 aromatic carbocycles. The average molecular weight is 331 g/mol. The average Bonchev–Trinajstić information content (AvgIpc) is 2.84. The Kier molecular flexibility index (Phi) is 3.99. The highest BCUT2D eigenvalue weighted by atomic mass is 32.2. The van der Waals surface area contributed by atoms with E-state index in [-0.39, 0.29) is 21.9 Å². The SMILES string of the molecule is CC(C)S(=O)c1nc(N)c2[nH]c(=O)n(Cc3ccccc3)c2n1. The number of aromatic amines is 1. The first-order valence-corrected chi connectivity index (χ1v) is 8.39. The van der Waals surface area contributed by atoms with Gasteiger partial charge in [0.15, 0.2) is 11.5 Å². The first-order valence-electron chi connectivity index (χ1n) is 7.18. The maximum Gasteiger partial charge on any atom is 0.328 e. The number of anilines is 1. The van der Waals surface area contributed by atoms with Crippen LogP contribution in [0.2, 0.25) is 0 Å². The fourth-order valence-corrected chi connectivity index (χ4v) is 3.03. The molecule has 0 saturated heterocycles. The molecule has 0 bridgehead atoms. The van der Waals surface area contributed by atoms with E-state index < -0.39 is 10.8 Å². The molecule has 1 unspecified atom stereocenters. The van der Waals surface area contributed by atoms with E-state index in [4.69, 9.17) is 5.73 Å². The fourth-order valence-electron chi connectivity index (χ4n) is 2.24. The lowest BCUT2D eigenvalue weighted by Crippen LogP contribution is -2.18. The summed E-state index contributed by atoms with van der Waals surface area (Å²) in [6, 6.07) is 9.55. The lowest BCUT2D eigenvalue weighted by Gasteiger charge is -2.07. The number of benzene rings is 1. The van der Waals surface area contributed by atoms with Gasteiger partial charge in [0.05, 0.1) is 17.3 Å². The molecule has 3 N–H and O–H groups in total. The van der Waals surface area contributed by atoms with Crippen molar-refractivity contribution in [2.45, 2.75) is 30.8 Å². The zero-order valence-electron chi connectivity index (χ0n) is 12.8. The third-order valence-electron chi connectivity index (χ3n) is 3.42. The summed E-state index contributed by atoms with van der Waals surface area (Å²) in [5, 5.41) is 0.00546. The van der Waals surface area contributed by atoms with Crippen LogP contribution in [0.5, 0.6) is 0 Å². The van der Waals surface area contributed by atoms with Crippen LogP contribution in [0.1, 0.15) is 19.4 Å². The highest BCUT2D eigenvalue weighted by Crippen LogP contribution is 2.18. The smallest absolute Gasteiger partial charge is 0.328 e. The lowest BCUT2D eigenvalue weighted by molar-refractivity contribution is 0.669. The van der Waals surface area contributed by atoms with Crippen molar-refractivity contribution in [2.75, 3.05) is 5.73 Å². The molecular weight excluding hydrogens is 314 g/mol. The monoisotopic (exact) mass is 331 g/mol. The molecule has 0 aliphatic heterocycles. The molecule has 8 heteroatoms. The van der Waals surface area contributed by atoms with Crippen molar-refractivity contribution in [3.05, 3.63) is 46.4 Å². The highest BCUT2D eigenvalue weighted by Gasteiger charge is 2.18. The van der Waals surface area contributed by atoms with Crippen molar-refractivity contribution < 1.29 is 4.21 Å². The van der Waals surface area contributed by atoms with Gasteiger partial charge in [0.25, 0.3) is 0 Å². The Hall–Kier alpha value is -2.48. The number of nitrogens with two attached hydrogens (primary N) is 1. The fraction of sp³-hybridized carbons (Fsp3) is 0.267. The summed E-state index contributed by atoms with van der Waals surface area (Å²) >= 11 is 0. The van der Waals surface area contributed by atoms with E-state index in [1.807, 2.05) is 44.2 Å². The Morgan fingerprint density at radius 1 is 1.26 bits per heavy atom. The number of nitrogen functional groups attached to an aromatic ring is 1. The predicted octanol–water partition coefficient (Wildman–Crippen LogP) is 1.27. The topological polar surface area (TPSA) is 107 Å². The third kappa shape index (κ3) is 2.89. The first-order chi connectivity index (χ1) is 11.0. The van der Waals surface area contributed by atoms with Gasteiger partial charge >= 0.3 is 5.69 Å². The van der Waals surface area contributed by atoms with Crippen LogP contribution in [0.4, 0.5) is 5.82 Å². The molecule has 23 heavy (non-hydrogen) atoms. The highest BCUT2D eigenvalue weighted by molar-refractivity contribution is 7.85. The summed E-state index contributed by atoms with van der Waals surface area (Å²) in [6.07, 6.45) is 0. The maximum absolute atomic E-state index is 12.2. The van der Waals surface area contributed by atoms with Crippen LogP contribution >= 0.6 is 0 Å². The number of hydrogen-bond donors (Lipinski definition) is 2. The van der Waals surface area contributed by atoms with E-state index in [0.717, 1.165) is 5.56 Å². The van der Waals surface area contributed by atoms with Crippen LogP contribution in [0, 0.1) is 0 Å². The van der Waals surface area contributed by atoms with Gasteiger partial charge in [-0.05, 0) is 5.56 Å². The molecule has 0 aliphatic carbocycles. The van der Waals surface area contributed by atoms with Crippen LogP contribution < -0.4 is 11.4 Å². The summed E-state index contributed by atoms with van der Waals surface area (Å²) in [5.41, 5.74) is 7.28. The number of nitrogens with zero attached hydrogens (tertiary/aromatic N) is 3. The third-order valence-corrected chi connectivity index (χ3v) is 4.82. The Morgan fingerprint density at radius 3 is 2.61 bits per heavy atom. The van der Waals surface area contributed by atoms with E-state index in [1.165, 1.54) is 4.57 Å². The molecule has 0 fully saturated rings. The molecule has 0 spiro atoms. The predicted molar refractivity (Wildman–Crippen MR) is 89.6 cm³/mol. The molecule has 2 heterocycles. The number of hydrogen-bond acceptors (Lipinski definition) is 5. The number of nitrogens with one attached hydrogen (secondary N) is 1. The Labute approximate surface area is 135 Å². The molecule has 7 nitrogen and oxygen atoms in total. The molecule has 0 amide bonds. The summed E-state index contributed by atoms with van der Waals surface area (Å²) < 4.78 is 13.7. The number of imidazole rings is 1. The van der Waals surface area contributed by atoms with E-state index in [9.17, 15) is 9.00 Å². The van der Waals surface area contributed by atoms with Crippen molar-refractivity contribution in [3.8, 4) is 0 Å². The van der Waals surface area contributed by atoms with E-state index in [2.05, 4.69) is 15.0 Å². The zero-order chi connectivity index (χ0) is 16.6. The summed E-state index contributed by atoms with van der Waals surface area (Å²) in [6.45, 7) is 3.98. The van der Waals surface area contributed by atoms with Crippen LogP contribution in [0.25, 0.3) is 11.2 Å². The van der Waals surface area contributed by atoms with Crippen LogP contribution in [0.3, 0.4) is 0 Å². The molecule has 3 rings (SSSR count). The summed E-state index contributed by atoms with van der Waals surface area (Å²) in [7, 11) is -1.38. The van der Waals surface area contributed by atoms with Crippen molar-refractivity contribution in [3.63, 3.8) is 0 Å². The van der Waals surface area contributed by atoms with Crippen molar-refractivity contribution in [1.29, 1.82) is 0 Å². The zero-order valence-corrected chi connectivity index (χ0v) is 13.6. The van der Waals surface area contributed by atoms with Gasteiger partial charge in [-0.1, -0.05) is 44.2 Å². The van der Waals surface area contributed by atoms with Gasteiger partial charge in [-0.2, -0.15) is 0 Å². The Morgan fingerprint density at radius 2 is 1.96 bits per heavy atom. The minimum Gasteiger partial charge on any atom is -0.382 e. The quantitative estimate of drug-likeness (QED) is 0.700. The molecule has 120 valence electrons. The van der Waals surface area contributed by atoms with Crippen molar-refractivity contribution in [1.82, 2.24) is 19.5 Å². The number of fused-ring (bicyclic) bond motifs is 1. The second-order valence-corrected chi connectivity index (χ2v) is 7.34. The second-order valence-electron chi connectivity index (χ2n) is 5.44. The molecule has 2 aromatic heterocycles. The van der Waals surface area contributed by atoms with Gasteiger partial charge in [-0.25, -0.2) is 14.8 Å². The molecular formula is C15H17N5O2S. The minimum atomic E-state index is -1.38. The summed E-state index contributed by atoms with van der Waals surface area (Å²) in [4.78, 5) is 23.3. The summed E-state index contributed by atoms with van der Waals surface area (Å²) in [5.74, 6) is 0.128. The molecule has 0 saturated carbocycles. The second kappa shape index (κ2) is 5.96. The lowest BCUT2D eigenvalue weighted by atomic mass is 10.2. The standard InChI is InChI=1S/C15H17N5O2S/c1-9(2)23(22)14-18-12(16)11-13(19-14)20(15(21)17-11)8-10-6-4-3-5-7-10/h3-7,9H,8H2,1-2H3,(H,17,21)(H2,16,18,19). The number of aromatic nitrogens is 4. The van der Waals surface area contributed by atoms with Gasteiger partial charge in [0.2, 0.25) is 5.16 Å². The van der Waals surface area contributed by atoms with E-state index >= 15 is 0 Å². The van der Waals surface area contributed by atoms with Gasteiger partial charge in [-0.3, -0.25) is 8.78 Å². The molecule has 1 atom stereocenters. The van der Waals surface area contributed by atoms with Gasteiger partial charge in [0.1, 0.15) is 5.52 Å². The van der Waals surface area contributed by atoms with E-state index in [0.29, 0.717) is 17.7 Å². The number of H-pyrrole nitrogens is 1. The van der Waals surface area contributed by atoms with Crippen molar-refractivity contribution >= 4 is 27.8 Å². The molecule has 0 radical (unpaired) electrons. The van der Waals surface area contributed by atoms with Crippen molar-refractivity contribution in [2.24, 2.45) is 0 Å². The first kappa shape index (κ1) is 15.4. The van der Waals surface area contributed by atoms with E-state index in [1.54, 1.807) is 0 Å². The molecule has 3 aromatic rings. The Balaban J connectivity index is 2.16. The largest absolute Gasteiger partial charge is 0.382 e. The van der Waals surface area contributed by atoms with Gasteiger partial charge in [-0.15, -0.1) is 0 Å². The molecule has 0 aliphatic rings. The van der Waals surface area contributed by atoms with Crippen LogP contribution in [-0.4, -0.2) is 29.0 Å². The van der Waals surface area contributed by atoms with Crippen LogP contribution in [0.15, 0.2) is 40.3 Å². The van der Waals surface area contributed by atoms with Gasteiger partial charge < -0.3 is 10.7 Å². The van der Waals surface area contributed by atoms with Gasteiger partial charge in [0, 0.05) is 5.25 Å².